The number of aromatic nitrogens is 2. The molecule has 0 N–H and O–H groups in total. The molecule has 29 heavy (non-hydrogen) atoms. The predicted molar refractivity (Wildman–Crippen MR) is 117 cm³/mol. The van der Waals surface area contributed by atoms with Gasteiger partial charge in [-0.3, -0.25) is 0 Å². The van der Waals surface area contributed by atoms with Crippen LogP contribution in [0.15, 0.2) is 22.4 Å². The standard InChI is InChI=1S/C19H28N6O2S2/c1-15-4-5-19(28-15)29(26,27)25-12-10-24(11-13-25)18-14-17(20-16(2)21-18)23-8-6-22(3)7-9-23/h4-5,14H,6-13H2,1-3H3. The van der Waals surface area contributed by atoms with Gasteiger partial charge in [-0.2, -0.15) is 4.31 Å². The Bertz CT molecular complexity index is 961. The maximum Gasteiger partial charge on any atom is 0.252 e. The lowest BCUT2D eigenvalue weighted by Crippen LogP contribution is -2.49. The molecule has 0 bridgehead atoms. The zero-order chi connectivity index (χ0) is 20.6. The molecule has 4 rings (SSSR count). The number of rotatable bonds is 4. The number of sulfonamides is 1. The molecule has 0 spiro atoms. The third-order valence-electron chi connectivity index (χ3n) is 5.51. The van der Waals surface area contributed by atoms with Crippen molar-refractivity contribution in [1.29, 1.82) is 0 Å². The van der Waals surface area contributed by atoms with Crippen molar-refractivity contribution < 1.29 is 8.42 Å². The van der Waals surface area contributed by atoms with Crippen molar-refractivity contribution in [2.24, 2.45) is 0 Å². The van der Waals surface area contributed by atoms with Gasteiger partial charge in [0.2, 0.25) is 0 Å². The molecule has 4 heterocycles. The van der Waals surface area contributed by atoms with Crippen LogP contribution in [0.3, 0.4) is 0 Å². The lowest BCUT2D eigenvalue weighted by atomic mass is 10.3. The Hall–Kier alpha value is -1.75. The molecule has 2 fully saturated rings. The Labute approximate surface area is 176 Å². The van der Waals surface area contributed by atoms with E-state index in [2.05, 4.69) is 31.7 Å². The van der Waals surface area contributed by atoms with Crippen LogP contribution in [0, 0.1) is 13.8 Å². The van der Waals surface area contributed by atoms with Crippen molar-refractivity contribution in [2.45, 2.75) is 18.1 Å². The second kappa shape index (κ2) is 8.17. The number of anilines is 2. The fourth-order valence-corrected chi connectivity index (χ4v) is 6.59. The second-order valence-electron chi connectivity index (χ2n) is 7.68. The number of aryl methyl sites for hydroxylation is 2. The maximum atomic E-state index is 12.9. The van der Waals surface area contributed by atoms with Crippen LogP contribution >= 0.6 is 11.3 Å². The summed E-state index contributed by atoms with van der Waals surface area (Å²) >= 11 is 1.33. The van der Waals surface area contributed by atoms with Gasteiger partial charge in [-0.25, -0.2) is 18.4 Å². The quantitative estimate of drug-likeness (QED) is 0.718. The number of likely N-dealkylation sites (N-methyl/N-ethyl adjacent to an activating group) is 1. The average Bonchev–Trinajstić information content (AvgIpc) is 3.15. The molecule has 2 aromatic heterocycles. The van der Waals surface area contributed by atoms with Gasteiger partial charge in [0, 0.05) is 63.3 Å². The van der Waals surface area contributed by atoms with E-state index in [9.17, 15) is 8.42 Å². The van der Waals surface area contributed by atoms with Gasteiger partial charge in [0.1, 0.15) is 21.7 Å². The maximum absolute atomic E-state index is 12.9. The van der Waals surface area contributed by atoms with Crippen molar-refractivity contribution >= 4 is 33.0 Å². The first-order chi connectivity index (χ1) is 13.8. The lowest BCUT2D eigenvalue weighted by Gasteiger charge is -2.36. The van der Waals surface area contributed by atoms with Crippen molar-refractivity contribution in [3.05, 3.63) is 28.9 Å². The monoisotopic (exact) mass is 436 g/mol. The van der Waals surface area contributed by atoms with Crippen LogP contribution in [0.25, 0.3) is 0 Å². The normalized spacial score (nSPS) is 19.7. The number of hydrogen-bond donors (Lipinski definition) is 0. The van der Waals surface area contributed by atoms with Crippen LogP contribution < -0.4 is 9.80 Å². The van der Waals surface area contributed by atoms with Crippen molar-refractivity contribution in [3.8, 4) is 0 Å². The Morgan fingerprint density at radius 3 is 1.93 bits per heavy atom. The summed E-state index contributed by atoms with van der Waals surface area (Å²) in [7, 11) is -1.27. The van der Waals surface area contributed by atoms with Gasteiger partial charge in [0.05, 0.1) is 0 Å². The Balaban J connectivity index is 1.46. The van der Waals surface area contributed by atoms with Crippen LogP contribution in [-0.2, 0) is 10.0 Å². The van der Waals surface area contributed by atoms with Crippen LogP contribution in [0.2, 0.25) is 0 Å². The van der Waals surface area contributed by atoms with Crippen LogP contribution in [-0.4, -0.2) is 87.0 Å². The number of hydrogen-bond acceptors (Lipinski definition) is 8. The average molecular weight is 437 g/mol. The van der Waals surface area contributed by atoms with Gasteiger partial charge >= 0.3 is 0 Å². The fraction of sp³-hybridized carbons (Fsp3) is 0.579. The zero-order valence-corrected chi connectivity index (χ0v) is 18.8. The molecule has 158 valence electrons. The molecule has 2 aliphatic rings. The van der Waals surface area contributed by atoms with E-state index in [0.717, 1.165) is 48.5 Å². The lowest BCUT2D eigenvalue weighted by molar-refractivity contribution is 0.312. The van der Waals surface area contributed by atoms with Gasteiger partial charge in [-0.1, -0.05) is 0 Å². The minimum Gasteiger partial charge on any atom is -0.354 e. The fourth-order valence-electron chi connectivity index (χ4n) is 3.73. The summed E-state index contributed by atoms with van der Waals surface area (Å²) in [5, 5.41) is 0. The van der Waals surface area contributed by atoms with Crippen molar-refractivity contribution in [2.75, 3.05) is 69.2 Å². The Morgan fingerprint density at radius 1 is 0.862 bits per heavy atom. The molecule has 2 aromatic rings. The Kier molecular flexibility index (Phi) is 5.78. The summed E-state index contributed by atoms with van der Waals surface area (Å²) in [6.07, 6.45) is 0. The molecule has 0 aromatic carbocycles. The topological polar surface area (TPSA) is 72.9 Å². The highest BCUT2D eigenvalue weighted by Gasteiger charge is 2.30. The third-order valence-corrected chi connectivity index (χ3v) is 8.88. The summed E-state index contributed by atoms with van der Waals surface area (Å²) in [5.74, 6) is 2.60. The number of piperazine rings is 2. The highest BCUT2D eigenvalue weighted by atomic mass is 32.2. The van der Waals surface area contributed by atoms with Crippen molar-refractivity contribution in [1.82, 2.24) is 19.2 Å². The molecule has 0 aliphatic carbocycles. The van der Waals surface area contributed by atoms with Crippen LogP contribution in [0.5, 0.6) is 0 Å². The molecular weight excluding hydrogens is 408 g/mol. The highest BCUT2D eigenvalue weighted by Crippen LogP contribution is 2.27. The summed E-state index contributed by atoms with van der Waals surface area (Å²) in [5.41, 5.74) is 0. The molecule has 8 nitrogen and oxygen atoms in total. The molecule has 0 amide bonds. The summed E-state index contributed by atoms with van der Waals surface area (Å²) in [4.78, 5) is 17.1. The second-order valence-corrected chi connectivity index (χ2v) is 11.1. The summed E-state index contributed by atoms with van der Waals surface area (Å²) in [6.45, 7) is 9.99. The molecular formula is C19H28N6O2S2. The van der Waals surface area contributed by atoms with Crippen LogP contribution in [0.1, 0.15) is 10.7 Å². The van der Waals surface area contributed by atoms with E-state index in [1.807, 2.05) is 26.0 Å². The van der Waals surface area contributed by atoms with Gasteiger partial charge in [0.25, 0.3) is 10.0 Å². The molecule has 2 saturated heterocycles. The van der Waals surface area contributed by atoms with Gasteiger partial charge in [-0.15, -0.1) is 11.3 Å². The highest BCUT2D eigenvalue weighted by molar-refractivity contribution is 7.91. The SMILES string of the molecule is Cc1nc(N2CCN(C)CC2)cc(N2CCN(S(=O)(=O)c3ccc(C)s3)CC2)n1. The van der Waals surface area contributed by atoms with E-state index < -0.39 is 10.0 Å². The number of thiophene rings is 1. The first-order valence-electron chi connectivity index (χ1n) is 9.93. The predicted octanol–water partition coefficient (Wildman–Crippen LogP) is 1.42. The zero-order valence-electron chi connectivity index (χ0n) is 17.2. The van der Waals surface area contributed by atoms with Gasteiger partial charge in [-0.05, 0) is 33.0 Å². The largest absolute Gasteiger partial charge is 0.354 e. The van der Waals surface area contributed by atoms with E-state index in [1.165, 1.54) is 11.3 Å². The first kappa shape index (κ1) is 20.5. The molecule has 0 unspecified atom stereocenters. The van der Waals surface area contributed by atoms with Gasteiger partial charge < -0.3 is 14.7 Å². The van der Waals surface area contributed by atoms with E-state index in [4.69, 9.17) is 0 Å². The molecule has 0 radical (unpaired) electrons. The third kappa shape index (κ3) is 4.40. The van der Waals surface area contributed by atoms with Crippen LogP contribution in [0.4, 0.5) is 11.6 Å². The summed E-state index contributed by atoms with van der Waals surface area (Å²) in [6, 6.07) is 5.61. The van der Waals surface area contributed by atoms with Crippen molar-refractivity contribution in [3.63, 3.8) is 0 Å². The molecule has 0 atom stereocenters. The minimum absolute atomic E-state index is 0.429. The Morgan fingerprint density at radius 2 is 1.41 bits per heavy atom. The number of nitrogens with zero attached hydrogens (tertiary/aromatic N) is 6. The minimum atomic E-state index is -3.41. The molecule has 2 aliphatic heterocycles. The summed E-state index contributed by atoms with van der Waals surface area (Å²) < 4.78 is 27.7. The molecule has 0 saturated carbocycles. The molecule has 10 heteroatoms. The smallest absolute Gasteiger partial charge is 0.252 e. The van der Waals surface area contributed by atoms with E-state index >= 15 is 0 Å². The van der Waals surface area contributed by atoms with Gasteiger partial charge in [0.15, 0.2) is 0 Å². The first-order valence-corrected chi connectivity index (χ1v) is 12.2. The van der Waals surface area contributed by atoms with E-state index in [-0.39, 0.29) is 0 Å². The van der Waals surface area contributed by atoms with E-state index in [0.29, 0.717) is 30.4 Å². The van der Waals surface area contributed by atoms with E-state index in [1.54, 1.807) is 10.4 Å².